The lowest BCUT2D eigenvalue weighted by Crippen LogP contribution is -2.52. The van der Waals surface area contributed by atoms with Gasteiger partial charge in [-0.25, -0.2) is 0 Å². The number of hydrogen-bond acceptors (Lipinski definition) is 4. The first-order valence-electron chi connectivity index (χ1n) is 9.92. The standard InChI is InChI=1S/C21H27N3O4/c1-14(2)12-17(21(28)23-10-6-3-7-11-23)22-18(25)13-24-19(26)15-8-4-5-9-16(15)20(24)27/h4-5,8-9,14,17H,3,6-7,10-13H2,1-2H3,(H,22,25)/t17-/m0/s1. The van der Waals surface area contributed by atoms with Gasteiger partial charge in [0.25, 0.3) is 11.8 Å². The Morgan fingerprint density at radius 1 is 1.00 bits per heavy atom. The summed E-state index contributed by atoms with van der Waals surface area (Å²) in [5, 5.41) is 2.76. The number of likely N-dealkylation sites (tertiary alicyclic amines) is 1. The van der Waals surface area contributed by atoms with Gasteiger partial charge >= 0.3 is 0 Å². The predicted molar refractivity (Wildman–Crippen MR) is 104 cm³/mol. The van der Waals surface area contributed by atoms with Gasteiger partial charge in [0.05, 0.1) is 11.1 Å². The van der Waals surface area contributed by atoms with Gasteiger partial charge in [0.15, 0.2) is 0 Å². The summed E-state index contributed by atoms with van der Waals surface area (Å²) in [6.45, 7) is 5.03. The van der Waals surface area contributed by atoms with Gasteiger partial charge in [-0.2, -0.15) is 0 Å². The molecule has 1 fully saturated rings. The third kappa shape index (κ3) is 4.24. The predicted octanol–water partition coefficient (Wildman–Crippen LogP) is 1.83. The molecule has 1 aromatic rings. The van der Waals surface area contributed by atoms with Crippen molar-refractivity contribution in [1.29, 1.82) is 0 Å². The third-order valence-electron chi connectivity index (χ3n) is 5.19. The highest BCUT2D eigenvalue weighted by atomic mass is 16.2. The van der Waals surface area contributed by atoms with Crippen LogP contribution in [0.1, 0.15) is 60.2 Å². The zero-order chi connectivity index (χ0) is 20.3. The maximum Gasteiger partial charge on any atom is 0.262 e. The monoisotopic (exact) mass is 385 g/mol. The third-order valence-corrected chi connectivity index (χ3v) is 5.19. The summed E-state index contributed by atoms with van der Waals surface area (Å²) in [6.07, 6.45) is 3.58. The van der Waals surface area contributed by atoms with Gasteiger partial charge in [0.1, 0.15) is 12.6 Å². The Labute approximate surface area is 165 Å². The number of hydrogen-bond donors (Lipinski definition) is 1. The number of imide groups is 1. The van der Waals surface area contributed by atoms with E-state index in [4.69, 9.17) is 0 Å². The van der Waals surface area contributed by atoms with E-state index in [0.29, 0.717) is 30.6 Å². The zero-order valence-corrected chi connectivity index (χ0v) is 16.4. The molecule has 1 N–H and O–H groups in total. The molecule has 0 spiro atoms. The molecule has 0 aromatic heterocycles. The Morgan fingerprint density at radius 3 is 2.11 bits per heavy atom. The first-order chi connectivity index (χ1) is 13.4. The van der Waals surface area contributed by atoms with Crippen LogP contribution in [-0.2, 0) is 9.59 Å². The number of carbonyl (C=O) groups excluding carboxylic acids is 4. The lowest BCUT2D eigenvalue weighted by molar-refractivity contribution is -0.137. The number of carbonyl (C=O) groups is 4. The van der Waals surface area contributed by atoms with Crippen molar-refractivity contribution in [3.8, 4) is 0 Å². The summed E-state index contributed by atoms with van der Waals surface area (Å²) in [5.74, 6) is -1.30. The Morgan fingerprint density at radius 2 is 1.57 bits per heavy atom. The van der Waals surface area contributed by atoms with Crippen LogP contribution in [0.25, 0.3) is 0 Å². The SMILES string of the molecule is CC(C)C[C@H](NC(=O)CN1C(=O)c2ccccc2C1=O)C(=O)N1CCCCC1. The molecule has 28 heavy (non-hydrogen) atoms. The second kappa shape index (κ2) is 8.54. The summed E-state index contributed by atoms with van der Waals surface area (Å²) in [7, 11) is 0. The first kappa shape index (κ1) is 20.0. The van der Waals surface area contributed by atoms with Gasteiger partial charge in [-0.1, -0.05) is 26.0 Å². The van der Waals surface area contributed by atoms with E-state index in [1.165, 1.54) is 0 Å². The van der Waals surface area contributed by atoms with Crippen LogP contribution in [0, 0.1) is 5.92 Å². The van der Waals surface area contributed by atoms with Crippen molar-refractivity contribution in [3.63, 3.8) is 0 Å². The van der Waals surface area contributed by atoms with Gasteiger partial charge in [0.2, 0.25) is 11.8 Å². The molecule has 7 heteroatoms. The van der Waals surface area contributed by atoms with Crippen molar-refractivity contribution in [2.45, 2.75) is 45.6 Å². The summed E-state index contributed by atoms with van der Waals surface area (Å²) in [5.41, 5.74) is 0.617. The van der Waals surface area contributed by atoms with Crippen molar-refractivity contribution in [2.24, 2.45) is 5.92 Å². The highest BCUT2D eigenvalue weighted by Crippen LogP contribution is 2.22. The molecule has 150 valence electrons. The van der Waals surface area contributed by atoms with E-state index < -0.39 is 23.8 Å². The van der Waals surface area contributed by atoms with Gasteiger partial charge in [-0.3, -0.25) is 24.1 Å². The van der Waals surface area contributed by atoms with E-state index >= 15 is 0 Å². The van der Waals surface area contributed by atoms with Gasteiger partial charge in [-0.15, -0.1) is 0 Å². The van der Waals surface area contributed by atoms with Crippen molar-refractivity contribution in [3.05, 3.63) is 35.4 Å². The molecular formula is C21H27N3O4. The first-order valence-corrected chi connectivity index (χ1v) is 9.92. The molecule has 2 heterocycles. The molecule has 1 atom stereocenters. The van der Waals surface area contributed by atoms with Crippen LogP contribution in [0.15, 0.2) is 24.3 Å². The molecule has 1 saturated heterocycles. The average Bonchev–Trinajstić information content (AvgIpc) is 2.92. The van der Waals surface area contributed by atoms with Crippen LogP contribution < -0.4 is 5.32 Å². The second-order valence-electron chi connectivity index (χ2n) is 7.88. The minimum Gasteiger partial charge on any atom is -0.343 e. The molecule has 0 bridgehead atoms. The fraction of sp³-hybridized carbons (Fsp3) is 0.524. The molecule has 0 radical (unpaired) electrons. The molecular weight excluding hydrogens is 358 g/mol. The van der Waals surface area contributed by atoms with Gasteiger partial charge in [-0.05, 0) is 43.7 Å². The Bertz CT molecular complexity index is 749. The molecule has 4 amide bonds. The lowest BCUT2D eigenvalue weighted by atomic mass is 10.0. The number of rotatable bonds is 6. The van der Waals surface area contributed by atoms with Gasteiger partial charge < -0.3 is 10.2 Å². The zero-order valence-electron chi connectivity index (χ0n) is 16.4. The maximum atomic E-state index is 12.9. The van der Waals surface area contributed by atoms with Crippen LogP contribution in [-0.4, -0.2) is 59.1 Å². The fourth-order valence-corrected chi connectivity index (χ4v) is 3.79. The van der Waals surface area contributed by atoms with Crippen LogP contribution in [0.4, 0.5) is 0 Å². The number of nitrogens with zero attached hydrogens (tertiary/aromatic N) is 2. The maximum absolute atomic E-state index is 12.9. The molecule has 2 aliphatic rings. The highest BCUT2D eigenvalue weighted by Gasteiger charge is 2.37. The minimum absolute atomic E-state index is 0.0795. The van der Waals surface area contributed by atoms with Crippen molar-refractivity contribution in [2.75, 3.05) is 19.6 Å². The molecule has 1 aromatic carbocycles. The number of amides is 4. The Kier molecular flexibility index (Phi) is 6.11. The topological polar surface area (TPSA) is 86.8 Å². The lowest BCUT2D eigenvalue weighted by Gasteiger charge is -2.31. The molecule has 2 aliphatic heterocycles. The highest BCUT2D eigenvalue weighted by molar-refractivity contribution is 6.22. The van der Waals surface area contributed by atoms with Crippen molar-refractivity contribution in [1.82, 2.24) is 15.1 Å². The molecule has 0 saturated carbocycles. The van der Waals surface area contributed by atoms with E-state index in [9.17, 15) is 19.2 Å². The number of fused-ring (bicyclic) bond motifs is 1. The van der Waals surface area contributed by atoms with Gasteiger partial charge in [0, 0.05) is 13.1 Å². The number of nitrogens with one attached hydrogen (secondary N) is 1. The van der Waals surface area contributed by atoms with Crippen LogP contribution in [0.3, 0.4) is 0 Å². The molecule has 7 nitrogen and oxygen atoms in total. The molecule has 0 unspecified atom stereocenters. The second-order valence-corrected chi connectivity index (χ2v) is 7.88. The van der Waals surface area contributed by atoms with E-state index in [1.807, 2.05) is 13.8 Å². The van der Waals surface area contributed by atoms with Crippen LogP contribution in [0.5, 0.6) is 0 Å². The largest absolute Gasteiger partial charge is 0.343 e. The smallest absolute Gasteiger partial charge is 0.262 e. The summed E-state index contributed by atoms with van der Waals surface area (Å²) < 4.78 is 0. The van der Waals surface area contributed by atoms with Crippen LogP contribution in [0.2, 0.25) is 0 Å². The normalized spacial score (nSPS) is 17.7. The van der Waals surface area contributed by atoms with Crippen molar-refractivity contribution < 1.29 is 19.2 Å². The van der Waals surface area contributed by atoms with E-state index in [2.05, 4.69) is 5.32 Å². The fourth-order valence-electron chi connectivity index (χ4n) is 3.79. The molecule has 3 rings (SSSR count). The number of benzene rings is 1. The summed E-state index contributed by atoms with van der Waals surface area (Å²) in [6, 6.07) is 5.89. The average molecular weight is 385 g/mol. The van der Waals surface area contributed by atoms with E-state index in [1.54, 1.807) is 29.2 Å². The van der Waals surface area contributed by atoms with E-state index in [0.717, 1.165) is 24.2 Å². The summed E-state index contributed by atoms with van der Waals surface area (Å²) >= 11 is 0. The minimum atomic E-state index is -0.638. The number of piperidine rings is 1. The van der Waals surface area contributed by atoms with Crippen molar-refractivity contribution >= 4 is 23.6 Å². The quantitative estimate of drug-likeness (QED) is 0.757. The van der Waals surface area contributed by atoms with Crippen LogP contribution >= 0.6 is 0 Å². The van der Waals surface area contributed by atoms with E-state index in [-0.39, 0.29) is 18.4 Å². The summed E-state index contributed by atoms with van der Waals surface area (Å²) in [4.78, 5) is 53.1. The molecule has 0 aliphatic carbocycles. The Balaban J connectivity index is 1.66. The Hall–Kier alpha value is -2.70.